The molecular weight excluding hydrogens is 379 g/mol. The summed E-state index contributed by atoms with van der Waals surface area (Å²) in [5.41, 5.74) is 4.43. The fourth-order valence-corrected chi connectivity index (χ4v) is 4.63. The van der Waals surface area contributed by atoms with Crippen LogP contribution in [0.1, 0.15) is 67.0 Å². The fraction of sp³-hybridized carbons (Fsp3) is 0.520. The van der Waals surface area contributed by atoms with E-state index in [9.17, 15) is 9.18 Å². The van der Waals surface area contributed by atoms with Crippen molar-refractivity contribution >= 4 is 5.91 Å². The van der Waals surface area contributed by atoms with Crippen molar-refractivity contribution < 1.29 is 13.9 Å². The topological polar surface area (TPSA) is 42.4 Å². The van der Waals surface area contributed by atoms with Gasteiger partial charge in [-0.1, -0.05) is 12.1 Å². The number of aromatic nitrogens is 1. The monoisotopic (exact) mass is 410 g/mol. The molecule has 1 aromatic carbocycles. The summed E-state index contributed by atoms with van der Waals surface area (Å²) >= 11 is 0. The summed E-state index contributed by atoms with van der Waals surface area (Å²) in [6.07, 6.45) is 6.59. The summed E-state index contributed by atoms with van der Waals surface area (Å²) in [4.78, 5) is 19.4. The highest BCUT2D eigenvalue weighted by atomic mass is 19.1. The molecule has 4 nitrogen and oxygen atoms in total. The van der Waals surface area contributed by atoms with Crippen LogP contribution in [-0.4, -0.2) is 41.6 Å². The van der Waals surface area contributed by atoms with E-state index in [0.29, 0.717) is 12.3 Å². The maximum absolute atomic E-state index is 13.2. The number of likely N-dealkylation sites (tertiary alicyclic amines) is 1. The number of piperidine rings is 1. The summed E-state index contributed by atoms with van der Waals surface area (Å²) < 4.78 is 18.9. The van der Waals surface area contributed by atoms with Crippen LogP contribution in [0.5, 0.6) is 0 Å². The number of carbonyl (C=O) groups is 1. The van der Waals surface area contributed by atoms with E-state index < -0.39 is 0 Å². The van der Waals surface area contributed by atoms with Gasteiger partial charge in [-0.05, 0) is 80.8 Å². The van der Waals surface area contributed by atoms with E-state index in [1.165, 1.54) is 24.1 Å². The molecule has 2 aromatic rings. The Labute approximate surface area is 178 Å². The average molecular weight is 411 g/mol. The van der Waals surface area contributed by atoms with Gasteiger partial charge in [0.1, 0.15) is 5.82 Å². The first-order valence-electron chi connectivity index (χ1n) is 11.2. The van der Waals surface area contributed by atoms with Crippen molar-refractivity contribution in [3.63, 3.8) is 0 Å². The molecule has 1 unspecified atom stereocenters. The van der Waals surface area contributed by atoms with Gasteiger partial charge >= 0.3 is 0 Å². The van der Waals surface area contributed by atoms with Gasteiger partial charge < -0.3 is 9.64 Å². The Morgan fingerprint density at radius 3 is 2.57 bits per heavy atom. The van der Waals surface area contributed by atoms with Crippen LogP contribution in [0.4, 0.5) is 4.39 Å². The van der Waals surface area contributed by atoms with Gasteiger partial charge in [0, 0.05) is 37.0 Å². The maximum Gasteiger partial charge on any atom is 0.225 e. The zero-order chi connectivity index (χ0) is 20.9. The molecule has 2 aliphatic rings. The lowest BCUT2D eigenvalue weighted by atomic mass is 9.91. The standard InChI is InChI=1S/C25H31FN2O2/c1-18-14-20(15-19-5-7-22(26)8-6-19)16-24(27-18)21-9-11-28(12-10-21)25(29)17-23-4-2-3-13-30-23/h5-8,14,16,21,23H,2-4,9-13,15,17H2,1H3. The van der Waals surface area contributed by atoms with E-state index in [1.54, 1.807) is 0 Å². The smallest absolute Gasteiger partial charge is 0.225 e. The molecule has 2 fully saturated rings. The second-order valence-corrected chi connectivity index (χ2v) is 8.69. The van der Waals surface area contributed by atoms with E-state index in [4.69, 9.17) is 9.72 Å². The van der Waals surface area contributed by atoms with Gasteiger partial charge in [-0.2, -0.15) is 0 Å². The number of pyridine rings is 1. The molecule has 0 aliphatic carbocycles. The van der Waals surface area contributed by atoms with Crippen molar-refractivity contribution in [1.29, 1.82) is 0 Å². The number of hydrogen-bond acceptors (Lipinski definition) is 3. The molecule has 0 spiro atoms. The number of hydrogen-bond donors (Lipinski definition) is 0. The molecule has 0 saturated carbocycles. The Bertz CT molecular complexity index is 854. The third-order valence-corrected chi connectivity index (χ3v) is 6.30. The van der Waals surface area contributed by atoms with Gasteiger partial charge in [0.25, 0.3) is 0 Å². The van der Waals surface area contributed by atoms with Crippen LogP contribution in [0, 0.1) is 12.7 Å². The lowest BCUT2D eigenvalue weighted by molar-refractivity contribution is -0.136. The first-order valence-corrected chi connectivity index (χ1v) is 11.2. The maximum atomic E-state index is 13.2. The van der Waals surface area contributed by atoms with E-state index in [0.717, 1.165) is 68.8 Å². The normalized spacial score (nSPS) is 20.3. The van der Waals surface area contributed by atoms with Crippen LogP contribution < -0.4 is 0 Å². The van der Waals surface area contributed by atoms with Crippen molar-refractivity contribution in [1.82, 2.24) is 9.88 Å². The lowest BCUT2D eigenvalue weighted by Gasteiger charge is -2.33. The third-order valence-electron chi connectivity index (χ3n) is 6.30. The molecule has 1 aromatic heterocycles. The Morgan fingerprint density at radius 1 is 1.10 bits per heavy atom. The first kappa shape index (κ1) is 21.0. The van der Waals surface area contributed by atoms with E-state index in [-0.39, 0.29) is 17.8 Å². The van der Waals surface area contributed by atoms with Crippen molar-refractivity contribution in [3.8, 4) is 0 Å². The predicted molar refractivity (Wildman–Crippen MR) is 115 cm³/mol. The van der Waals surface area contributed by atoms with Crippen LogP contribution in [0.2, 0.25) is 0 Å². The number of rotatable bonds is 5. The fourth-order valence-electron chi connectivity index (χ4n) is 4.63. The molecule has 1 atom stereocenters. The minimum atomic E-state index is -0.207. The molecule has 4 rings (SSSR count). The number of carbonyl (C=O) groups excluding carboxylic acids is 1. The lowest BCUT2D eigenvalue weighted by Crippen LogP contribution is -2.40. The molecule has 30 heavy (non-hydrogen) atoms. The number of nitrogens with zero attached hydrogens (tertiary/aromatic N) is 2. The number of ether oxygens (including phenoxy) is 1. The molecule has 0 radical (unpaired) electrons. The van der Waals surface area contributed by atoms with Gasteiger partial charge in [0.15, 0.2) is 0 Å². The van der Waals surface area contributed by atoms with Crippen LogP contribution in [-0.2, 0) is 16.0 Å². The molecule has 5 heteroatoms. The van der Waals surface area contributed by atoms with Crippen LogP contribution >= 0.6 is 0 Å². The molecule has 0 bridgehead atoms. The number of aryl methyl sites for hydroxylation is 1. The summed E-state index contributed by atoms with van der Waals surface area (Å²) in [6.45, 7) is 4.40. The SMILES string of the molecule is Cc1cc(Cc2ccc(F)cc2)cc(C2CCN(C(=O)CC3CCCCO3)CC2)n1. The van der Waals surface area contributed by atoms with E-state index >= 15 is 0 Å². The summed E-state index contributed by atoms with van der Waals surface area (Å²) in [5.74, 6) is 0.406. The Kier molecular flexibility index (Phi) is 6.78. The van der Waals surface area contributed by atoms with Crippen molar-refractivity contribution in [2.45, 2.75) is 63.9 Å². The van der Waals surface area contributed by atoms with Gasteiger partial charge in [-0.3, -0.25) is 9.78 Å². The second kappa shape index (κ2) is 9.69. The second-order valence-electron chi connectivity index (χ2n) is 8.69. The number of halogens is 1. The number of benzene rings is 1. The highest BCUT2D eigenvalue weighted by molar-refractivity contribution is 5.76. The Morgan fingerprint density at radius 2 is 1.87 bits per heavy atom. The minimum Gasteiger partial charge on any atom is -0.378 e. The summed E-state index contributed by atoms with van der Waals surface area (Å²) in [7, 11) is 0. The van der Waals surface area contributed by atoms with Gasteiger partial charge in [0.2, 0.25) is 5.91 Å². The largest absolute Gasteiger partial charge is 0.378 e. The first-order chi connectivity index (χ1) is 14.6. The third kappa shape index (κ3) is 5.45. The quantitative estimate of drug-likeness (QED) is 0.712. The molecule has 0 N–H and O–H groups in total. The zero-order valence-electron chi connectivity index (χ0n) is 17.8. The van der Waals surface area contributed by atoms with E-state index in [2.05, 4.69) is 12.1 Å². The molecule has 2 aliphatic heterocycles. The minimum absolute atomic E-state index is 0.108. The van der Waals surface area contributed by atoms with Crippen LogP contribution in [0.3, 0.4) is 0 Å². The Balaban J connectivity index is 1.35. The highest BCUT2D eigenvalue weighted by Gasteiger charge is 2.27. The zero-order valence-corrected chi connectivity index (χ0v) is 17.8. The molecule has 160 valence electrons. The van der Waals surface area contributed by atoms with Crippen LogP contribution in [0.25, 0.3) is 0 Å². The molecule has 3 heterocycles. The molecular formula is C25H31FN2O2. The summed E-state index contributed by atoms with van der Waals surface area (Å²) in [5, 5.41) is 0. The highest BCUT2D eigenvalue weighted by Crippen LogP contribution is 2.29. The van der Waals surface area contributed by atoms with Gasteiger partial charge in [-0.15, -0.1) is 0 Å². The van der Waals surface area contributed by atoms with Crippen molar-refractivity contribution in [2.24, 2.45) is 0 Å². The van der Waals surface area contributed by atoms with Gasteiger partial charge in [-0.25, -0.2) is 4.39 Å². The number of amides is 1. The van der Waals surface area contributed by atoms with Crippen LogP contribution in [0.15, 0.2) is 36.4 Å². The molecule has 1 amide bonds. The van der Waals surface area contributed by atoms with Crippen molar-refractivity contribution in [3.05, 3.63) is 64.7 Å². The molecule has 2 saturated heterocycles. The van der Waals surface area contributed by atoms with Gasteiger partial charge in [0.05, 0.1) is 12.5 Å². The Hall–Kier alpha value is -2.27. The summed E-state index contributed by atoms with van der Waals surface area (Å²) in [6, 6.07) is 11.0. The predicted octanol–water partition coefficient (Wildman–Crippen LogP) is 4.79. The van der Waals surface area contributed by atoms with E-state index in [1.807, 2.05) is 24.0 Å². The average Bonchev–Trinajstić information content (AvgIpc) is 2.76. The van der Waals surface area contributed by atoms with Crippen molar-refractivity contribution in [2.75, 3.05) is 19.7 Å².